The second-order valence-electron chi connectivity index (χ2n) is 6.03. The molecule has 0 bridgehead atoms. The summed E-state index contributed by atoms with van der Waals surface area (Å²) in [6.07, 6.45) is 6.72. The highest BCUT2D eigenvalue weighted by Crippen LogP contribution is 2.32. The first-order valence-corrected chi connectivity index (χ1v) is 7.98. The minimum Gasteiger partial charge on any atom is -0.392 e. The van der Waals surface area contributed by atoms with Gasteiger partial charge in [-0.15, -0.1) is 0 Å². The van der Waals surface area contributed by atoms with E-state index in [1.165, 1.54) is 6.42 Å². The molecule has 1 aliphatic carbocycles. The van der Waals surface area contributed by atoms with Crippen LogP contribution < -0.4 is 11.1 Å². The van der Waals surface area contributed by atoms with Crippen molar-refractivity contribution in [1.82, 2.24) is 5.32 Å². The summed E-state index contributed by atoms with van der Waals surface area (Å²) >= 11 is 5.22. The molecule has 1 saturated carbocycles. The molecule has 1 aliphatic rings. The van der Waals surface area contributed by atoms with E-state index in [4.69, 9.17) is 18.0 Å². The third kappa shape index (κ3) is 3.91. The summed E-state index contributed by atoms with van der Waals surface area (Å²) in [5.74, 6) is 0.768. The molecule has 0 aromatic rings. The fraction of sp³-hybridized carbons (Fsp3) is 0.867. The first-order valence-electron chi connectivity index (χ1n) is 7.57. The average molecular weight is 284 g/mol. The minimum absolute atomic E-state index is 0.0581. The maximum absolute atomic E-state index is 12.7. The third-order valence-electron chi connectivity index (χ3n) is 4.29. The van der Waals surface area contributed by atoms with Gasteiger partial charge in [0.05, 0.1) is 10.4 Å². The third-order valence-corrected chi connectivity index (χ3v) is 4.68. The zero-order valence-corrected chi connectivity index (χ0v) is 13.3. The molecule has 3 nitrogen and oxygen atoms in total. The Kier molecular flexibility index (Phi) is 6.24. The number of hydrogen-bond acceptors (Lipinski definition) is 2. The van der Waals surface area contributed by atoms with Crippen molar-refractivity contribution in [3.05, 3.63) is 0 Å². The molecule has 19 heavy (non-hydrogen) atoms. The van der Waals surface area contributed by atoms with Crippen molar-refractivity contribution in [1.29, 1.82) is 0 Å². The van der Waals surface area contributed by atoms with Crippen LogP contribution in [0.3, 0.4) is 0 Å². The number of thiocarbonyl (C=S) groups is 1. The van der Waals surface area contributed by atoms with Crippen LogP contribution in [0.5, 0.6) is 0 Å². The van der Waals surface area contributed by atoms with E-state index in [1.807, 2.05) is 0 Å². The lowest BCUT2D eigenvalue weighted by Gasteiger charge is -2.32. The van der Waals surface area contributed by atoms with E-state index in [0.29, 0.717) is 16.9 Å². The van der Waals surface area contributed by atoms with Gasteiger partial charge in [-0.2, -0.15) is 0 Å². The Morgan fingerprint density at radius 1 is 1.32 bits per heavy atom. The molecule has 1 rings (SSSR count). The van der Waals surface area contributed by atoms with Crippen molar-refractivity contribution in [2.24, 2.45) is 17.1 Å². The van der Waals surface area contributed by atoms with E-state index < -0.39 is 5.41 Å². The number of nitrogens with one attached hydrogen (secondary N) is 1. The molecule has 0 spiro atoms. The molecule has 1 amide bonds. The van der Waals surface area contributed by atoms with Gasteiger partial charge in [0.25, 0.3) is 0 Å². The fourth-order valence-corrected chi connectivity index (χ4v) is 3.52. The van der Waals surface area contributed by atoms with Gasteiger partial charge in [-0.05, 0) is 38.0 Å². The molecule has 1 fully saturated rings. The summed E-state index contributed by atoms with van der Waals surface area (Å²) in [5, 5.41) is 3.19. The highest BCUT2D eigenvalue weighted by molar-refractivity contribution is 7.80. The predicted molar refractivity (Wildman–Crippen MR) is 84.0 cm³/mol. The molecular formula is C15H28N2OS. The lowest BCUT2D eigenvalue weighted by molar-refractivity contribution is -0.128. The van der Waals surface area contributed by atoms with Gasteiger partial charge in [0.15, 0.2) is 0 Å². The SMILES string of the molecule is CCCC(CCC)(C(=O)NC1CCC(C)C1)C(N)=S. The maximum Gasteiger partial charge on any atom is 0.233 e. The fourth-order valence-electron chi connectivity index (χ4n) is 3.23. The molecule has 0 heterocycles. The second-order valence-corrected chi connectivity index (χ2v) is 6.47. The number of rotatable bonds is 7. The van der Waals surface area contributed by atoms with Crippen molar-refractivity contribution in [2.75, 3.05) is 0 Å². The van der Waals surface area contributed by atoms with Gasteiger partial charge < -0.3 is 11.1 Å². The molecule has 2 atom stereocenters. The lowest BCUT2D eigenvalue weighted by atomic mass is 9.78. The summed E-state index contributed by atoms with van der Waals surface area (Å²) in [4.78, 5) is 13.0. The van der Waals surface area contributed by atoms with Crippen LogP contribution in [0.1, 0.15) is 65.7 Å². The smallest absolute Gasteiger partial charge is 0.233 e. The number of carbonyl (C=O) groups is 1. The van der Waals surface area contributed by atoms with Crippen molar-refractivity contribution in [3.63, 3.8) is 0 Å². The Bertz CT molecular complexity index is 324. The van der Waals surface area contributed by atoms with E-state index in [2.05, 4.69) is 26.1 Å². The van der Waals surface area contributed by atoms with Gasteiger partial charge >= 0.3 is 0 Å². The number of hydrogen-bond donors (Lipinski definition) is 2. The highest BCUT2D eigenvalue weighted by atomic mass is 32.1. The van der Waals surface area contributed by atoms with E-state index in [0.717, 1.165) is 38.5 Å². The second kappa shape index (κ2) is 7.22. The highest BCUT2D eigenvalue weighted by Gasteiger charge is 2.41. The standard InChI is InChI=1S/C15H28N2OS/c1-4-8-15(9-5-2,13(16)19)14(18)17-12-7-6-11(3)10-12/h11-12H,4-10H2,1-3H3,(H2,16,19)(H,17,18). The largest absolute Gasteiger partial charge is 0.392 e. The van der Waals surface area contributed by atoms with Crippen molar-refractivity contribution in [2.45, 2.75) is 71.8 Å². The Morgan fingerprint density at radius 2 is 1.89 bits per heavy atom. The van der Waals surface area contributed by atoms with Crippen LogP contribution in [0, 0.1) is 11.3 Å². The Morgan fingerprint density at radius 3 is 2.26 bits per heavy atom. The van der Waals surface area contributed by atoms with Gasteiger partial charge in [-0.3, -0.25) is 4.79 Å². The van der Waals surface area contributed by atoms with Gasteiger partial charge in [0.2, 0.25) is 5.91 Å². The molecule has 0 radical (unpaired) electrons. The van der Waals surface area contributed by atoms with Crippen LogP contribution in [0.4, 0.5) is 0 Å². The van der Waals surface area contributed by atoms with E-state index in [1.54, 1.807) is 0 Å². The first-order chi connectivity index (χ1) is 8.96. The van der Waals surface area contributed by atoms with E-state index in [9.17, 15) is 4.79 Å². The van der Waals surface area contributed by atoms with Crippen LogP contribution >= 0.6 is 12.2 Å². The van der Waals surface area contributed by atoms with Crippen LogP contribution in [0.25, 0.3) is 0 Å². The van der Waals surface area contributed by atoms with Crippen molar-refractivity contribution < 1.29 is 4.79 Å². The molecule has 0 aromatic heterocycles. The Balaban J connectivity index is 2.78. The minimum atomic E-state index is -0.634. The van der Waals surface area contributed by atoms with Crippen LogP contribution in [-0.4, -0.2) is 16.9 Å². The first kappa shape index (κ1) is 16.4. The lowest BCUT2D eigenvalue weighted by Crippen LogP contribution is -2.51. The van der Waals surface area contributed by atoms with Crippen molar-refractivity contribution >= 4 is 23.1 Å². The Labute approximate surface area is 122 Å². The van der Waals surface area contributed by atoms with Gasteiger partial charge in [-0.1, -0.05) is 45.8 Å². The normalized spacial score (nSPS) is 23.3. The maximum atomic E-state index is 12.7. The number of nitrogens with two attached hydrogens (primary N) is 1. The summed E-state index contributed by atoms with van der Waals surface area (Å²) in [6.45, 7) is 6.40. The quantitative estimate of drug-likeness (QED) is 0.706. The Hall–Kier alpha value is -0.640. The average Bonchev–Trinajstić information content (AvgIpc) is 2.73. The molecule has 110 valence electrons. The van der Waals surface area contributed by atoms with E-state index >= 15 is 0 Å². The molecule has 0 saturated heterocycles. The summed E-state index contributed by atoms with van der Waals surface area (Å²) in [7, 11) is 0. The predicted octanol–water partition coefficient (Wildman–Crippen LogP) is 3.16. The van der Waals surface area contributed by atoms with Gasteiger partial charge in [-0.25, -0.2) is 0 Å². The zero-order valence-electron chi connectivity index (χ0n) is 12.5. The molecular weight excluding hydrogens is 256 g/mol. The summed E-state index contributed by atoms with van der Waals surface area (Å²) < 4.78 is 0. The van der Waals surface area contributed by atoms with Crippen molar-refractivity contribution in [3.8, 4) is 0 Å². The molecule has 0 aromatic carbocycles. The molecule has 4 heteroatoms. The summed E-state index contributed by atoms with van der Waals surface area (Å²) in [5.41, 5.74) is 5.28. The molecule has 2 unspecified atom stereocenters. The van der Waals surface area contributed by atoms with Gasteiger partial charge in [0, 0.05) is 6.04 Å². The monoisotopic (exact) mass is 284 g/mol. The zero-order chi connectivity index (χ0) is 14.5. The van der Waals surface area contributed by atoms with Crippen LogP contribution in [-0.2, 0) is 4.79 Å². The van der Waals surface area contributed by atoms with E-state index in [-0.39, 0.29) is 5.91 Å². The molecule has 3 N–H and O–H groups in total. The van der Waals surface area contributed by atoms with Crippen LogP contribution in [0.2, 0.25) is 0 Å². The summed E-state index contributed by atoms with van der Waals surface area (Å²) in [6, 6.07) is 0.310. The number of amides is 1. The van der Waals surface area contributed by atoms with Crippen LogP contribution in [0.15, 0.2) is 0 Å². The number of carbonyl (C=O) groups excluding carboxylic acids is 1. The topological polar surface area (TPSA) is 55.1 Å². The van der Waals surface area contributed by atoms with Gasteiger partial charge in [0.1, 0.15) is 0 Å². The molecule has 0 aliphatic heterocycles.